The molecule has 9 heteroatoms. The summed E-state index contributed by atoms with van der Waals surface area (Å²) in [6.45, 7) is 6.83. The maximum absolute atomic E-state index is 11.8. The van der Waals surface area contributed by atoms with E-state index in [9.17, 15) is 14.4 Å². The van der Waals surface area contributed by atoms with Gasteiger partial charge in [-0.15, -0.1) is 0 Å². The summed E-state index contributed by atoms with van der Waals surface area (Å²) in [5, 5.41) is 7.98. The lowest BCUT2D eigenvalue weighted by atomic mass is 9.92. The Balaban J connectivity index is 1.56. The molecule has 3 rings (SSSR count). The van der Waals surface area contributed by atoms with E-state index in [4.69, 9.17) is 18.6 Å². The predicted molar refractivity (Wildman–Crippen MR) is 136 cm³/mol. The van der Waals surface area contributed by atoms with E-state index in [1.807, 2.05) is 51.1 Å². The lowest BCUT2D eigenvalue weighted by Crippen LogP contribution is -2.34. The monoisotopic (exact) mass is 498 g/mol. The summed E-state index contributed by atoms with van der Waals surface area (Å²) in [5.74, 6) is 0.144. The van der Waals surface area contributed by atoms with Crippen LogP contribution in [0.1, 0.15) is 45.1 Å². The molecule has 3 aromatic rings. The predicted octanol–water partition coefficient (Wildman–Crippen LogP) is 4.31. The Hall–Kier alpha value is -3.59. The lowest BCUT2D eigenvalue weighted by Gasteiger charge is -2.19. The molecule has 2 amide bonds. The van der Waals surface area contributed by atoms with Crippen molar-refractivity contribution < 1.29 is 33.0 Å². The van der Waals surface area contributed by atoms with E-state index in [0.29, 0.717) is 44.1 Å². The minimum absolute atomic E-state index is 0.107. The molecule has 1 unspecified atom stereocenters. The minimum Gasteiger partial charge on any atom is -0.491 e. The van der Waals surface area contributed by atoms with Gasteiger partial charge >= 0.3 is 6.09 Å². The number of amides is 2. The average molecular weight is 499 g/mol. The van der Waals surface area contributed by atoms with Crippen molar-refractivity contribution in [2.45, 2.75) is 45.1 Å². The third kappa shape index (κ3) is 7.45. The van der Waals surface area contributed by atoms with Crippen molar-refractivity contribution in [2.75, 3.05) is 33.4 Å². The van der Waals surface area contributed by atoms with Crippen molar-refractivity contribution in [3.8, 4) is 5.75 Å². The Kier molecular flexibility index (Phi) is 9.30. The van der Waals surface area contributed by atoms with Gasteiger partial charge in [-0.2, -0.15) is 0 Å². The fourth-order valence-corrected chi connectivity index (χ4v) is 3.80. The molecule has 0 saturated carbocycles. The van der Waals surface area contributed by atoms with Crippen LogP contribution in [0.4, 0.5) is 4.79 Å². The summed E-state index contributed by atoms with van der Waals surface area (Å²) in [4.78, 5) is 35.1. The number of hydrogen-bond acceptors (Lipinski definition) is 7. The second-order valence-corrected chi connectivity index (χ2v) is 9.36. The fourth-order valence-electron chi connectivity index (χ4n) is 3.80. The largest absolute Gasteiger partial charge is 0.491 e. The maximum atomic E-state index is 11.8. The number of benzene rings is 2. The Morgan fingerprint density at radius 3 is 2.64 bits per heavy atom. The summed E-state index contributed by atoms with van der Waals surface area (Å²) in [6.07, 6.45) is 2.66. The van der Waals surface area contributed by atoms with E-state index in [0.717, 1.165) is 28.0 Å². The smallest absolute Gasteiger partial charge is 0.407 e. The molecule has 0 fully saturated rings. The molecule has 0 aliphatic heterocycles. The molecular weight excluding hydrogens is 464 g/mol. The van der Waals surface area contributed by atoms with Gasteiger partial charge in [0.1, 0.15) is 29.8 Å². The van der Waals surface area contributed by atoms with Crippen molar-refractivity contribution in [3.05, 3.63) is 42.2 Å². The molecule has 0 aliphatic carbocycles. The van der Waals surface area contributed by atoms with Crippen LogP contribution >= 0.6 is 0 Å². The SMILES string of the molecule is CNC(=O)CCC(C=O)c1coc2ccc3cc(OCCOCCNC(=O)OC(C)(C)C)ccc3c12. The molecule has 1 heterocycles. The first-order valence-corrected chi connectivity index (χ1v) is 12.0. The number of nitrogens with one attached hydrogen (secondary N) is 2. The van der Waals surface area contributed by atoms with Crippen molar-refractivity contribution in [1.82, 2.24) is 10.6 Å². The number of carbonyl (C=O) groups is 3. The van der Waals surface area contributed by atoms with Crippen LogP contribution in [0.25, 0.3) is 21.7 Å². The Bertz CT molecular complexity index is 1200. The van der Waals surface area contributed by atoms with Gasteiger partial charge in [-0.05, 0) is 62.2 Å². The first kappa shape index (κ1) is 27.0. The highest BCUT2D eigenvalue weighted by atomic mass is 16.6. The number of fused-ring (bicyclic) bond motifs is 3. The molecule has 0 bridgehead atoms. The Labute approximate surface area is 210 Å². The van der Waals surface area contributed by atoms with Crippen LogP contribution in [0.2, 0.25) is 0 Å². The third-order valence-corrected chi connectivity index (χ3v) is 5.49. The molecule has 0 saturated heterocycles. The molecule has 194 valence electrons. The van der Waals surface area contributed by atoms with Gasteiger partial charge in [-0.1, -0.05) is 6.07 Å². The molecule has 1 aromatic heterocycles. The van der Waals surface area contributed by atoms with E-state index in [1.54, 1.807) is 13.3 Å². The summed E-state index contributed by atoms with van der Waals surface area (Å²) >= 11 is 0. The molecule has 9 nitrogen and oxygen atoms in total. The van der Waals surface area contributed by atoms with Crippen molar-refractivity contribution in [2.24, 2.45) is 0 Å². The van der Waals surface area contributed by atoms with Crippen LogP contribution < -0.4 is 15.4 Å². The summed E-state index contributed by atoms with van der Waals surface area (Å²) in [5.41, 5.74) is 0.926. The third-order valence-electron chi connectivity index (χ3n) is 5.49. The highest BCUT2D eigenvalue weighted by Gasteiger charge is 2.20. The molecule has 0 radical (unpaired) electrons. The van der Waals surface area contributed by atoms with Crippen LogP contribution in [0.5, 0.6) is 5.75 Å². The number of aldehydes is 1. The van der Waals surface area contributed by atoms with E-state index < -0.39 is 17.6 Å². The zero-order chi connectivity index (χ0) is 26.1. The number of hydrogen-bond donors (Lipinski definition) is 2. The van der Waals surface area contributed by atoms with Gasteiger partial charge in [0.05, 0.1) is 19.5 Å². The van der Waals surface area contributed by atoms with Crippen LogP contribution in [0, 0.1) is 0 Å². The summed E-state index contributed by atoms with van der Waals surface area (Å²) < 4.78 is 22.2. The number of rotatable bonds is 12. The quantitative estimate of drug-likeness (QED) is 0.282. The normalized spacial score (nSPS) is 12.3. The first-order valence-electron chi connectivity index (χ1n) is 12.0. The van der Waals surface area contributed by atoms with Crippen LogP contribution in [-0.4, -0.2) is 57.3 Å². The van der Waals surface area contributed by atoms with Crippen molar-refractivity contribution in [3.63, 3.8) is 0 Å². The minimum atomic E-state index is -0.535. The van der Waals surface area contributed by atoms with Crippen LogP contribution in [0.15, 0.2) is 41.0 Å². The summed E-state index contributed by atoms with van der Waals surface area (Å²) in [6, 6.07) is 9.54. The van der Waals surface area contributed by atoms with E-state index in [2.05, 4.69) is 10.6 Å². The number of ether oxygens (including phenoxy) is 3. The van der Waals surface area contributed by atoms with Crippen LogP contribution in [0.3, 0.4) is 0 Å². The van der Waals surface area contributed by atoms with Gasteiger partial charge in [-0.25, -0.2) is 4.79 Å². The second kappa shape index (κ2) is 12.4. The van der Waals surface area contributed by atoms with Gasteiger partial charge in [0, 0.05) is 36.9 Å². The summed E-state index contributed by atoms with van der Waals surface area (Å²) in [7, 11) is 1.58. The van der Waals surface area contributed by atoms with Crippen molar-refractivity contribution in [1.29, 1.82) is 0 Å². The topological polar surface area (TPSA) is 116 Å². The zero-order valence-corrected chi connectivity index (χ0v) is 21.2. The Morgan fingerprint density at radius 1 is 1.11 bits per heavy atom. The van der Waals surface area contributed by atoms with Crippen molar-refractivity contribution >= 4 is 40.0 Å². The van der Waals surface area contributed by atoms with Gasteiger partial charge in [0.25, 0.3) is 0 Å². The van der Waals surface area contributed by atoms with Gasteiger partial charge in [-0.3, -0.25) is 4.79 Å². The highest BCUT2D eigenvalue weighted by molar-refractivity contribution is 6.08. The number of furan rings is 1. The zero-order valence-electron chi connectivity index (χ0n) is 21.2. The number of alkyl carbamates (subject to hydrolysis) is 1. The van der Waals surface area contributed by atoms with E-state index in [-0.39, 0.29) is 12.3 Å². The maximum Gasteiger partial charge on any atom is 0.407 e. The fraction of sp³-hybridized carbons (Fsp3) is 0.444. The molecule has 2 N–H and O–H groups in total. The second-order valence-electron chi connectivity index (χ2n) is 9.36. The lowest BCUT2D eigenvalue weighted by molar-refractivity contribution is -0.120. The first-order chi connectivity index (χ1) is 17.2. The molecule has 2 aromatic carbocycles. The molecule has 1 atom stereocenters. The van der Waals surface area contributed by atoms with Gasteiger partial charge in [0.15, 0.2) is 0 Å². The standard InChI is InChI=1S/C27H34N2O7/c1-27(2,3)36-26(32)29-11-12-33-13-14-34-20-7-8-21-18(15-20)5-9-23-25(21)22(17-35-23)19(16-30)6-10-24(31)28-4/h5,7-9,15-17,19H,6,10-14H2,1-4H3,(H,28,31)(H,29,32). The Morgan fingerprint density at radius 2 is 1.92 bits per heavy atom. The number of carbonyl (C=O) groups excluding carboxylic acids is 3. The molecule has 36 heavy (non-hydrogen) atoms. The highest BCUT2D eigenvalue weighted by Crippen LogP contribution is 2.36. The van der Waals surface area contributed by atoms with Crippen LogP contribution in [-0.2, 0) is 19.1 Å². The average Bonchev–Trinajstić information content (AvgIpc) is 3.27. The van der Waals surface area contributed by atoms with E-state index >= 15 is 0 Å². The molecule has 0 aliphatic rings. The molecule has 0 spiro atoms. The molecular formula is C27H34N2O7. The van der Waals surface area contributed by atoms with E-state index in [1.165, 1.54) is 0 Å². The van der Waals surface area contributed by atoms with Gasteiger partial charge < -0.3 is 34.1 Å². The van der Waals surface area contributed by atoms with Gasteiger partial charge in [0.2, 0.25) is 5.91 Å².